The second kappa shape index (κ2) is 9.74. The lowest BCUT2D eigenvalue weighted by Crippen LogP contribution is -2.14. The van der Waals surface area contributed by atoms with Gasteiger partial charge in [-0.25, -0.2) is 8.42 Å². The highest BCUT2D eigenvalue weighted by atomic mass is 32.2. The van der Waals surface area contributed by atoms with Crippen molar-refractivity contribution in [3.8, 4) is 11.5 Å². The SMILES string of the molecule is Cn1c(CC2CCS(=O)(=O)C2)nnc1SCC(=O)Nc1cccc(Oc2ccccc2)c1. The number of nitrogens with zero attached hydrogens (tertiary/aromatic N) is 3. The molecule has 3 aromatic rings. The van der Waals surface area contributed by atoms with Crippen molar-refractivity contribution in [3.05, 3.63) is 60.4 Å². The molecular formula is C22H24N4O4S2. The van der Waals surface area contributed by atoms with Gasteiger partial charge in [-0.15, -0.1) is 10.2 Å². The Labute approximate surface area is 191 Å². The van der Waals surface area contributed by atoms with Gasteiger partial charge in [-0.1, -0.05) is 36.0 Å². The van der Waals surface area contributed by atoms with Crippen LogP contribution in [0.2, 0.25) is 0 Å². The lowest BCUT2D eigenvalue weighted by atomic mass is 10.1. The molecule has 2 heterocycles. The van der Waals surface area contributed by atoms with E-state index in [1.807, 2.05) is 54.1 Å². The van der Waals surface area contributed by atoms with Crippen molar-refractivity contribution in [2.24, 2.45) is 13.0 Å². The highest BCUT2D eigenvalue weighted by Gasteiger charge is 2.29. The Hall–Kier alpha value is -2.85. The van der Waals surface area contributed by atoms with Crippen LogP contribution in [0.25, 0.3) is 0 Å². The molecule has 1 aliphatic rings. The van der Waals surface area contributed by atoms with Gasteiger partial charge in [0.1, 0.15) is 17.3 Å². The minimum atomic E-state index is -2.92. The van der Waals surface area contributed by atoms with E-state index in [9.17, 15) is 13.2 Å². The van der Waals surface area contributed by atoms with Gasteiger partial charge in [0, 0.05) is 25.2 Å². The maximum Gasteiger partial charge on any atom is 0.234 e. The van der Waals surface area contributed by atoms with Crippen LogP contribution in [0.5, 0.6) is 11.5 Å². The highest BCUT2D eigenvalue weighted by molar-refractivity contribution is 7.99. The average Bonchev–Trinajstić information content (AvgIpc) is 3.29. The fraction of sp³-hybridized carbons (Fsp3) is 0.318. The van der Waals surface area contributed by atoms with E-state index in [0.29, 0.717) is 29.4 Å². The van der Waals surface area contributed by atoms with Crippen LogP contribution >= 0.6 is 11.8 Å². The summed E-state index contributed by atoms with van der Waals surface area (Å²) in [5.41, 5.74) is 0.644. The number of aromatic nitrogens is 3. The Kier molecular flexibility index (Phi) is 6.80. The van der Waals surface area contributed by atoms with Gasteiger partial charge < -0.3 is 14.6 Å². The van der Waals surface area contributed by atoms with Gasteiger partial charge in [-0.05, 0) is 36.6 Å². The molecule has 1 saturated heterocycles. The third kappa shape index (κ3) is 5.89. The normalized spacial score (nSPS) is 17.2. The molecule has 168 valence electrons. The van der Waals surface area contributed by atoms with Gasteiger partial charge in [0.05, 0.1) is 17.3 Å². The number of sulfone groups is 1. The molecule has 0 bridgehead atoms. The Morgan fingerprint density at radius 1 is 1.16 bits per heavy atom. The molecule has 0 saturated carbocycles. The van der Waals surface area contributed by atoms with Crippen molar-refractivity contribution in [3.63, 3.8) is 0 Å². The van der Waals surface area contributed by atoms with Crippen molar-refractivity contribution in [1.82, 2.24) is 14.8 Å². The van der Waals surface area contributed by atoms with E-state index < -0.39 is 9.84 Å². The second-order valence-corrected chi connectivity index (χ2v) is 10.9. The van der Waals surface area contributed by atoms with Gasteiger partial charge in [0.25, 0.3) is 0 Å². The van der Waals surface area contributed by atoms with E-state index in [0.717, 1.165) is 11.6 Å². The zero-order valence-corrected chi connectivity index (χ0v) is 19.2. The standard InChI is InChI=1S/C22H24N4O4S2/c1-26-20(12-16-10-11-32(28,29)15-16)24-25-22(26)31-14-21(27)23-17-6-5-9-19(13-17)30-18-7-3-2-4-8-18/h2-9,13,16H,10-12,14-15H2,1H3,(H,23,27). The topological polar surface area (TPSA) is 103 Å². The quantitative estimate of drug-likeness (QED) is 0.502. The van der Waals surface area contributed by atoms with Gasteiger partial charge in [0.15, 0.2) is 15.0 Å². The Balaban J connectivity index is 1.30. The lowest BCUT2D eigenvalue weighted by Gasteiger charge is -2.09. The van der Waals surface area contributed by atoms with Crippen LogP contribution in [-0.4, -0.2) is 46.3 Å². The molecule has 0 spiro atoms. The first-order valence-electron chi connectivity index (χ1n) is 10.2. The van der Waals surface area contributed by atoms with Crippen LogP contribution in [0.15, 0.2) is 59.8 Å². The highest BCUT2D eigenvalue weighted by Crippen LogP contribution is 2.25. The Morgan fingerprint density at radius 3 is 2.69 bits per heavy atom. The van der Waals surface area contributed by atoms with E-state index in [2.05, 4.69) is 15.5 Å². The average molecular weight is 473 g/mol. The maximum atomic E-state index is 12.4. The molecule has 32 heavy (non-hydrogen) atoms. The number of anilines is 1. The number of thioether (sulfide) groups is 1. The number of amides is 1. The van der Waals surface area contributed by atoms with Crippen LogP contribution in [-0.2, 0) is 28.1 Å². The Bertz CT molecular complexity index is 1200. The number of hydrogen-bond donors (Lipinski definition) is 1. The Morgan fingerprint density at radius 2 is 1.94 bits per heavy atom. The first-order chi connectivity index (χ1) is 15.4. The molecule has 2 aromatic carbocycles. The van der Waals surface area contributed by atoms with E-state index >= 15 is 0 Å². The van der Waals surface area contributed by atoms with Gasteiger partial charge >= 0.3 is 0 Å². The molecule has 0 aliphatic carbocycles. The number of benzene rings is 2. The summed E-state index contributed by atoms with van der Waals surface area (Å²) in [6.07, 6.45) is 1.23. The number of rotatable bonds is 8. The maximum absolute atomic E-state index is 12.4. The molecule has 1 fully saturated rings. The summed E-state index contributed by atoms with van der Waals surface area (Å²) in [5.74, 6) is 2.63. The molecule has 1 unspecified atom stereocenters. The monoisotopic (exact) mass is 472 g/mol. The van der Waals surface area contributed by atoms with Gasteiger partial charge in [-0.2, -0.15) is 0 Å². The zero-order valence-electron chi connectivity index (χ0n) is 17.6. The van der Waals surface area contributed by atoms with Crippen LogP contribution < -0.4 is 10.1 Å². The third-order valence-corrected chi connectivity index (χ3v) is 8.01. The second-order valence-electron chi connectivity index (χ2n) is 7.71. The predicted molar refractivity (Wildman–Crippen MR) is 124 cm³/mol. The molecule has 1 N–H and O–H groups in total. The van der Waals surface area contributed by atoms with Crippen LogP contribution in [0, 0.1) is 5.92 Å². The van der Waals surface area contributed by atoms with Crippen molar-refractivity contribution < 1.29 is 17.9 Å². The molecule has 1 amide bonds. The molecule has 1 aromatic heterocycles. The van der Waals surface area contributed by atoms with E-state index in [1.165, 1.54) is 11.8 Å². The number of nitrogens with one attached hydrogen (secondary N) is 1. The summed E-state index contributed by atoms with van der Waals surface area (Å²) in [4.78, 5) is 12.4. The van der Waals surface area contributed by atoms with Crippen molar-refractivity contribution in [1.29, 1.82) is 0 Å². The van der Waals surface area contributed by atoms with Gasteiger partial charge in [-0.3, -0.25) is 4.79 Å². The molecule has 1 atom stereocenters. The number of hydrogen-bond acceptors (Lipinski definition) is 7. The summed E-state index contributed by atoms with van der Waals surface area (Å²) < 4.78 is 31.0. The summed E-state index contributed by atoms with van der Waals surface area (Å²) in [5, 5.41) is 11.8. The minimum Gasteiger partial charge on any atom is -0.457 e. The summed E-state index contributed by atoms with van der Waals surface area (Å²) in [6, 6.07) is 16.7. The molecule has 0 radical (unpaired) electrons. The largest absolute Gasteiger partial charge is 0.457 e. The number of carbonyl (C=O) groups excluding carboxylic acids is 1. The predicted octanol–water partition coefficient (Wildman–Crippen LogP) is 3.32. The molecule has 1 aliphatic heterocycles. The lowest BCUT2D eigenvalue weighted by molar-refractivity contribution is -0.113. The van der Waals surface area contributed by atoms with Crippen molar-refractivity contribution >= 4 is 33.2 Å². The molecule has 10 heteroatoms. The van der Waals surface area contributed by atoms with Gasteiger partial charge in [0.2, 0.25) is 5.91 Å². The molecule has 4 rings (SSSR count). The number of carbonyl (C=O) groups is 1. The minimum absolute atomic E-state index is 0.0782. The number of ether oxygens (including phenoxy) is 1. The van der Waals surface area contributed by atoms with Crippen LogP contribution in [0.1, 0.15) is 12.2 Å². The fourth-order valence-electron chi connectivity index (χ4n) is 3.53. The summed E-state index contributed by atoms with van der Waals surface area (Å²) in [7, 11) is -1.08. The summed E-state index contributed by atoms with van der Waals surface area (Å²) >= 11 is 1.29. The third-order valence-electron chi connectivity index (χ3n) is 5.15. The van der Waals surface area contributed by atoms with Crippen LogP contribution in [0.3, 0.4) is 0 Å². The van der Waals surface area contributed by atoms with Crippen molar-refractivity contribution in [2.75, 3.05) is 22.6 Å². The number of para-hydroxylation sites is 1. The summed E-state index contributed by atoms with van der Waals surface area (Å²) in [6.45, 7) is 0. The van der Waals surface area contributed by atoms with E-state index in [1.54, 1.807) is 12.1 Å². The van der Waals surface area contributed by atoms with Crippen LogP contribution in [0.4, 0.5) is 5.69 Å². The van der Waals surface area contributed by atoms with Crippen molar-refractivity contribution in [2.45, 2.75) is 18.0 Å². The van der Waals surface area contributed by atoms with E-state index in [-0.39, 0.29) is 29.1 Å². The zero-order chi connectivity index (χ0) is 22.6. The van der Waals surface area contributed by atoms with E-state index in [4.69, 9.17) is 4.74 Å². The molecule has 8 nitrogen and oxygen atoms in total. The first kappa shape index (κ1) is 22.3. The molecular weight excluding hydrogens is 448 g/mol. The first-order valence-corrected chi connectivity index (χ1v) is 13.0. The smallest absolute Gasteiger partial charge is 0.234 e. The fourth-order valence-corrected chi connectivity index (χ4v) is 6.12.